The number of nitrogens with zero attached hydrogens (tertiary/aromatic N) is 1. The highest BCUT2D eigenvalue weighted by molar-refractivity contribution is 5.88. The van der Waals surface area contributed by atoms with E-state index >= 15 is 0 Å². The number of nitrogens with one attached hydrogen (secondary N) is 1. The van der Waals surface area contributed by atoms with Gasteiger partial charge in [0.1, 0.15) is 6.04 Å². The molecule has 6 nitrogen and oxygen atoms in total. The van der Waals surface area contributed by atoms with Gasteiger partial charge in [0, 0.05) is 13.1 Å². The predicted molar refractivity (Wildman–Crippen MR) is 98.3 cm³/mol. The van der Waals surface area contributed by atoms with Crippen LogP contribution in [0.5, 0.6) is 0 Å². The van der Waals surface area contributed by atoms with Crippen LogP contribution in [0.4, 0.5) is 0 Å². The second-order valence-corrected chi connectivity index (χ2v) is 7.06. The van der Waals surface area contributed by atoms with Crippen molar-refractivity contribution < 1.29 is 19.1 Å². The summed E-state index contributed by atoms with van der Waals surface area (Å²) in [4.78, 5) is 38.8. The summed E-state index contributed by atoms with van der Waals surface area (Å²) in [5.41, 5.74) is 0.874. The van der Waals surface area contributed by atoms with Crippen molar-refractivity contribution in [2.45, 2.75) is 52.2 Å². The molecule has 1 saturated heterocycles. The van der Waals surface area contributed by atoms with Gasteiger partial charge in [-0.1, -0.05) is 44.2 Å². The second-order valence-electron chi connectivity index (χ2n) is 7.06. The minimum absolute atomic E-state index is 0.142. The first kappa shape index (κ1) is 19.9. The highest BCUT2D eigenvalue weighted by atomic mass is 16.5. The molecule has 2 atom stereocenters. The van der Waals surface area contributed by atoms with Gasteiger partial charge in [-0.25, -0.2) is 4.79 Å². The minimum Gasteiger partial charge on any atom is -0.451 e. The third kappa shape index (κ3) is 5.58. The quantitative estimate of drug-likeness (QED) is 0.754. The molecular weight excluding hydrogens is 332 g/mol. The lowest BCUT2D eigenvalue weighted by Gasteiger charge is -2.25. The van der Waals surface area contributed by atoms with Crippen molar-refractivity contribution in [3.05, 3.63) is 35.9 Å². The van der Waals surface area contributed by atoms with Crippen LogP contribution in [-0.4, -0.2) is 47.9 Å². The van der Waals surface area contributed by atoms with E-state index in [-0.39, 0.29) is 24.2 Å². The van der Waals surface area contributed by atoms with Crippen LogP contribution in [-0.2, 0) is 25.5 Å². The molecule has 0 unspecified atom stereocenters. The molecule has 0 radical (unpaired) electrons. The van der Waals surface area contributed by atoms with Crippen LogP contribution in [0.15, 0.2) is 30.3 Å². The summed E-state index contributed by atoms with van der Waals surface area (Å²) in [6.07, 6.45) is 1.32. The second kappa shape index (κ2) is 9.36. The average Bonchev–Trinajstić information content (AvgIpc) is 3.14. The molecule has 0 spiro atoms. The van der Waals surface area contributed by atoms with E-state index < -0.39 is 18.1 Å². The molecule has 2 amide bonds. The fourth-order valence-corrected chi connectivity index (χ4v) is 3.00. The Kier molecular flexibility index (Phi) is 7.18. The monoisotopic (exact) mass is 360 g/mol. The van der Waals surface area contributed by atoms with Crippen molar-refractivity contribution in [1.82, 2.24) is 10.2 Å². The lowest BCUT2D eigenvalue weighted by Crippen LogP contribution is -2.48. The fourth-order valence-electron chi connectivity index (χ4n) is 3.00. The molecule has 0 aliphatic carbocycles. The molecule has 0 bridgehead atoms. The standard InChI is InChI=1S/C20H28N2O4/c1-14(2)18(21-17(23)13-16-9-5-4-6-10-16)20(25)26-15(3)19(24)22-11-7-8-12-22/h4-6,9-10,14-15,18H,7-8,11-13H2,1-3H3,(H,21,23)/t15-,18+/m1/s1. The molecule has 6 heteroatoms. The Morgan fingerprint density at radius 3 is 2.27 bits per heavy atom. The summed E-state index contributed by atoms with van der Waals surface area (Å²) in [5.74, 6) is -1.13. The number of hydrogen-bond donors (Lipinski definition) is 1. The molecule has 2 rings (SSSR count). The van der Waals surface area contributed by atoms with E-state index in [1.807, 2.05) is 44.2 Å². The van der Waals surface area contributed by atoms with Gasteiger partial charge in [0.2, 0.25) is 5.91 Å². The van der Waals surface area contributed by atoms with Crippen molar-refractivity contribution in [2.24, 2.45) is 5.92 Å². The maximum Gasteiger partial charge on any atom is 0.329 e. The zero-order valence-corrected chi connectivity index (χ0v) is 15.7. The molecule has 142 valence electrons. The lowest BCUT2D eigenvalue weighted by atomic mass is 10.0. The van der Waals surface area contributed by atoms with Crippen molar-refractivity contribution in [3.8, 4) is 0 Å². The zero-order valence-electron chi connectivity index (χ0n) is 15.7. The van der Waals surface area contributed by atoms with E-state index in [9.17, 15) is 14.4 Å². The number of ether oxygens (including phenoxy) is 1. The Hall–Kier alpha value is -2.37. The number of esters is 1. The largest absolute Gasteiger partial charge is 0.451 e. The molecule has 1 aliphatic rings. The predicted octanol–water partition coefficient (Wildman–Crippen LogP) is 1.92. The van der Waals surface area contributed by atoms with Crippen LogP contribution in [0.3, 0.4) is 0 Å². The number of amides is 2. The molecule has 26 heavy (non-hydrogen) atoms. The van der Waals surface area contributed by atoms with Crippen LogP contribution < -0.4 is 5.32 Å². The first-order valence-corrected chi connectivity index (χ1v) is 9.21. The Bertz CT molecular complexity index is 624. The van der Waals surface area contributed by atoms with E-state index in [0.29, 0.717) is 13.1 Å². The van der Waals surface area contributed by atoms with Gasteiger partial charge < -0.3 is 15.0 Å². The summed E-state index contributed by atoms with van der Waals surface area (Å²) in [7, 11) is 0. The van der Waals surface area contributed by atoms with Gasteiger partial charge in [0.25, 0.3) is 5.91 Å². The van der Waals surface area contributed by atoms with Crippen LogP contribution in [0.2, 0.25) is 0 Å². The van der Waals surface area contributed by atoms with Crippen LogP contribution >= 0.6 is 0 Å². The van der Waals surface area contributed by atoms with Gasteiger partial charge in [-0.05, 0) is 31.2 Å². The maximum atomic E-state index is 12.5. The van der Waals surface area contributed by atoms with E-state index in [1.54, 1.807) is 11.8 Å². The van der Waals surface area contributed by atoms with Crippen LogP contribution in [0.25, 0.3) is 0 Å². The molecular formula is C20H28N2O4. The van der Waals surface area contributed by atoms with Gasteiger partial charge in [-0.3, -0.25) is 9.59 Å². The number of carbonyl (C=O) groups excluding carboxylic acids is 3. The summed E-state index contributed by atoms with van der Waals surface area (Å²) in [5, 5.41) is 2.74. The van der Waals surface area contributed by atoms with Crippen molar-refractivity contribution in [1.29, 1.82) is 0 Å². The number of rotatable bonds is 7. The molecule has 1 N–H and O–H groups in total. The van der Waals surface area contributed by atoms with Gasteiger partial charge in [0.05, 0.1) is 6.42 Å². The van der Waals surface area contributed by atoms with Gasteiger partial charge in [-0.15, -0.1) is 0 Å². The number of carbonyl (C=O) groups is 3. The molecule has 1 fully saturated rings. The number of hydrogen-bond acceptors (Lipinski definition) is 4. The molecule has 1 heterocycles. The molecule has 1 aliphatic heterocycles. The van der Waals surface area contributed by atoms with Crippen molar-refractivity contribution in [2.75, 3.05) is 13.1 Å². The normalized spacial score (nSPS) is 16.2. The topological polar surface area (TPSA) is 75.7 Å². The van der Waals surface area contributed by atoms with E-state index in [4.69, 9.17) is 4.74 Å². The SMILES string of the molecule is CC(C)[C@H](NC(=O)Cc1ccccc1)C(=O)O[C@H](C)C(=O)N1CCCC1. The Labute approximate surface area is 154 Å². The fraction of sp³-hybridized carbons (Fsp3) is 0.550. The molecule has 0 aromatic heterocycles. The first-order chi connectivity index (χ1) is 12.4. The summed E-state index contributed by atoms with van der Waals surface area (Å²) < 4.78 is 5.35. The number of likely N-dealkylation sites (tertiary alicyclic amines) is 1. The van der Waals surface area contributed by atoms with Crippen LogP contribution in [0.1, 0.15) is 39.2 Å². The Morgan fingerprint density at radius 2 is 1.69 bits per heavy atom. The summed E-state index contributed by atoms with van der Waals surface area (Å²) in [6, 6.07) is 8.55. The van der Waals surface area contributed by atoms with E-state index in [2.05, 4.69) is 5.32 Å². The molecule has 0 saturated carbocycles. The maximum absolute atomic E-state index is 12.5. The van der Waals surface area contributed by atoms with Gasteiger partial charge in [-0.2, -0.15) is 0 Å². The summed E-state index contributed by atoms with van der Waals surface area (Å²) >= 11 is 0. The number of benzene rings is 1. The lowest BCUT2D eigenvalue weighted by molar-refractivity contribution is -0.161. The Morgan fingerprint density at radius 1 is 1.08 bits per heavy atom. The van der Waals surface area contributed by atoms with E-state index in [0.717, 1.165) is 18.4 Å². The highest BCUT2D eigenvalue weighted by Gasteiger charge is 2.31. The Balaban J connectivity index is 1.91. The first-order valence-electron chi connectivity index (χ1n) is 9.21. The zero-order chi connectivity index (χ0) is 19.1. The molecule has 1 aromatic carbocycles. The highest BCUT2D eigenvalue weighted by Crippen LogP contribution is 2.12. The molecule has 1 aromatic rings. The van der Waals surface area contributed by atoms with Gasteiger partial charge >= 0.3 is 5.97 Å². The van der Waals surface area contributed by atoms with Crippen LogP contribution in [0, 0.1) is 5.92 Å². The smallest absolute Gasteiger partial charge is 0.329 e. The van der Waals surface area contributed by atoms with Crippen molar-refractivity contribution in [3.63, 3.8) is 0 Å². The third-order valence-electron chi connectivity index (χ3n) is 4.50. The van der Waals surface area contributed by atoms with Crippen molar-refractivity contribution >= 4 is 17.8 Å². The van der Waals surface area contributed by atoms with E-state index in [1.165, 1.54) is 0 Å². The van der Waals surface area contributed by atoms with Gasteiger partial charge in [0.15, 0.2) is 6.10 Å². The summed E-state index contributed by atoms with van der Waals surface area (Å²) in [6.45, 7) is 6.68. The third-order valence-corrected chi connectivity index (χ3v) is 4.50. The average molecular weight is 360 g/mol. The minimum atomic E-state index is -0.840.